The fourth-order valence-corrected chi connectivity index (χ4v) is 2.62. The number of allylic oxidation sites excluding steroid dienone is 4. The van der Waals surface area contributed by atoms with E-state index in [9.17, 15) is 9.90 Å². The molecule has 0 aliphatic carbocycles. The number of ether oxygens (including phenoxy) is 1. The van der Waals surface area contributed by atoms with Gasteiger partial charge in [0.05, 0.1) is 5.57 Å². The van der Waals surface area contributed by atoms with Crippen LogP contribution in [0, 0.1) is 0 Å². The largest absolute Gasteiger partial charge is 0.456 e. The Morgan fingerprint density at radius 1 is 1.09 bits per heavy atom. The van der Waals surface area contributed by atoms with Crippen LogP contribution in [-0.2, 0) is 9.53 Å². The van der Waals surface area contributed by atoms with Crippen molar-refractivity contribution in [3.05, 3.63) is 36.5 Å². The maximum atomic E-state index is 11.5. The normalized spacial score (nSPS) is 23.4. The SMILES string of the molecule is C=C/C=C/CCCCCCCCCC=C1C(=O)O[C@H](C)[C@H]1O. The van der Waals surface area contributed by atoms with Gasteiger partial charge in [-0.1, -0.05) is 63.0 Å². The van der Waals surface area contributed by atoms with Crippen molar-refractivity contribution in [2.45, 2.75) is 76.9 Å². The monoisotopic (exact) mass is 306 g/mol. The van der Waals surface area contributed by atoms with Crippen molar-refractivity contribution in [3.63, 3.8) is 0 Å². The molecule has 0 aromatic carbocycles. The summed E-state index contributed by atoms with van der Waals surface area (Å²) in [5, 5.41) is 9.78. The van der Waals surface area contributed by atoms with E-state index in [0.29, 0.717) is 5.57 Å². The van der Waals surface area contributed by atoms with Gasteiger partial charge in [0.1, 0.15) is 12.2 Å². The predicted molar refractivity (Wildman–Crippen MR) is 90.5 cm³/mol. The average molecular weight is 306 g/mol. The molecule has 2 atom stereocenters. The summed E-state index contributed by atoms with van der Waals surface area (Å²) in [6.45, 7) is 5.37. The number of carbonyl (C=O) groups is 1. The molecule has 0 saturated carbocycles. The molecular formula is C19H30O3. The number of aliphatic hydroxyl groups excluding tert-OH is 1. The van der Waals surface area contributed by atoms with E-state index in [4.69, 9.17) is 4.74 Å². The van der Waals surface area contributed by atoms with Crippen LogP contribution in [0.2, 0.25) is 0 Å². The molecule has 0 unspecified atom stereocenters. The molecule has 1 fully saturated rings. The average Bonchev–Trinajstić information content (AvgIpc) is 2.74. The molecule has 3 heteroatoms. The summed E-state index contributed by atoms with van der Waals surface area (Å²) >= 11 is 0. The third-order valence-electron chi connectivity index (χ3n) is 4.00. The summed E-state index contributed by atoms with van der Waals surface area (Å²) < 4.78 is 4.98. The number of aliphatic hydroxyl groups is 1. The molecule has 0 aromatic heterocycles. The molecule has 1 N–H and O–H groups in total. The quantitative estimate of drug-likeness (QED) is 0.265. The number of carbonyl (C=O) groups excluding carboxylic acids is 1. The van der Waals surface area contributed by atoms with Gasteiger partial charge in [-0.3, -0.25) is 0 Å². The highest BCUT2D eigenvalue weighted by atomic mass is 16.6. The summed E-state index contributed by atoms with van der Waals surface area (Å²) in [4.78, 5) is 11.5. The molecule has 0 radical (unpaired) electrons. The van der Waals surface area contributed by atoms with Crippen molar-refractivity contribution < 1.29 is 14.6 Å². The fourth-order valence-electron chi connectivity index (χ4n) is 2.62. The molecular weight excluding hydrogens is 276 g/mol. The molecule has 1 aliphatic rings. The van der Waals surface area contributed by atoms with Crippen LogP contribution >= 0.6 is 0 Å². The van der Waals surface area contributed by atoms with E-state index in [1.54, 1.807) is 6.92 Å². The van der Waals surface area contributed by atoms with Gasteiger partial charge in [-0.25, -0.2) is 4.79 Å². The van der Waals surface area contributed by atoms with E-state index >= 15 is 0 Å². The van der Waals surface area contributed by atoms with Crippen molar-refractivity contribution in [1.82, 2.24) is 0 Å². The number of rotatable bonds is 11. The van der Waals surface area contributed by atoms with Crippen LogP contribution in [0.25, 0.3) is 0 Å². The molecule has 3 nitrogen and oxygen atoms in total. The molecule has 22 heavy (non-hydrogen) atoms. The van der Waals surface area contributed by atoms with Gasteiger partial charge in [-0.05, 0) is 32.6 Å². The summed E-state index contributed by atoms with van der Waals surface area (Å²) in [6.07, 6.45) is 17.3. The Balaban J connectivity index is 1.97. The zero-order valence-electron chi connectivity index (χ0n) is 13.8. The standard InChI is InChI=1S/C19H30O3/c1-3-4-5-6-7-8-9-10-11-12-13-14-15-17-18(20)16(2)22-19(17)21/h3-5,15-16,18,20H,1,6-14H2,2H3/b5-4+,17-15?/t16-,18-/m1/s1. The van der Waals surface area contributed by atoms with Crippen LogP contribution in [0.3, 0.4) is 0 Å². The van der Waals surface area contributed by atoms with E-state index in [0.717, 1.165) is 19.3 Å². The van der Waals surface area contributed by atoms with Gasteiger partial charge in [-0.15, -0.1) is 0 Å². The predicted octanol–water partition coefficient (Wildman–Crippen LogP) is 4.47. The minimum atomic E-state index is -0.748. The number of hydrogen-bond donors (Lipinski definition) is 1. The van der Waals surface area contributed by atoms with E-state index in [1.165, 1.54) is 38.5 Å². The lowest BCUT2D eigenvalue weighted by molar-refractivity contribution is -0.138. The Labute approximate surface area is 134 Å². The van der Waals surface area contributed by atoms with Gasteiger partial charge in [0.25, 0.3) is 0 Å². The first-order valence-corrected chi connectivity index (χ1v) is 8.53. The molecule has 1 saturated heterocycles. The summed E-state index contributed by atoms with van der Waals surface area (Å²) in [7, 11) is 0. The lowest BCUT2D eigenvalue weighted by atomic mass is 10.0. The maximum Gasteiger partial charge on any atom is 0.336 e. The smallest absolute Gasteiger partial charge is 0.336 e. The first-order chi connectivity index (χ1) is 10.7. The van der Waals surface area contributed by atoms with Crippen molar-refractivity contribution in [2.24, 2.45) is 0 Å². The molecule has 0 spiro atoms. The fraction of sp³-hybridized carbons (Fsp3) is 0.632. The summed E-state index contributed by atoms with van der Waals surface area (Å²) in [6, 6.07) is 0. The van der Waals surface area contributed by atoms with Crippen molar-refractivity contribution in [3.8, 4) is 0 Å². The van der Waals surface area contributed by atoms with Gasteiger partial charge < -0.3 is 9.84 Å². The van der Waals surface area contributed by atoms with E-state index in [-0.39, 0.29) is 5.97 Å². The Hall–Kier alpha value is -1.35. The van der Waals surface area contributed by atoms with E-state index in [2.05, 4.69) is 12.7 Å². The Kier molecular flexibility index (Phi) is 9.56. The highest BCUT2D eigenvalue weighted by Crippen LogP contribution is 2.22. The third-order valence-corrected chi connectivity index (χ3v) is 4.00. The zero-order chi connectivity index (χ0) is 16.2. The van der Waals surface area contributed by atoms with Crippen LogP contribution in [-0.4, -0.2) is 23.3 Å². The second kappa shape index (κ2) is 11.2. The van der Waals surface area contributed by atoms with Crippen LogP contribution in [0.5, 0.6) is 0 Å². The topological polar surface area (TPSA) is 46.5 Å². The minimum absolute atomic E-state index is 0.356. The highest BCUT2D eigenvalue weighted by Gasteiger charge is 2.34. The number of unbranched alkanes of at least 4 members (excludes halogenated alkanes) is 8. The molecule has 0 aromatic rings. The van der Waals surface area contributed by atoms with Gasteiger partial charge in [0.2, 0.25) is 0 Å². The maximum absolute atomic E-state index is 11.5. The van der Waals surface area contributed by atoms with Crippen molar-refractivity contribution in [2.75, 3.05) is 0 Å². The van der Waals surface area contributed by atoms with Gasteiger partial charge in [-0.2, -0.15) is 0 Å². The minimum Gasteiger partial charge on any atom is -0.456 e. The lowest BCUT2D eigenvalue weighted by Gasteiger charge is -2.04. The van der Waals surface area contributed by atoms with Crippen LogP contribution < -0.4 is 0 Å². The van der Waals surface area contributed by atoms with Crippen LogP contribution in [0.15, 0.2) is 36.5 Å². The van der Waals surface area contributed by atoms with Crippen LogP contribution in [0.4, 0.5) is 0 Å². The number of esters is 1. The molecule has 0 amide bonds. The number of cyclic esters (lactones) is 1. The van der Waals surface area contributed by atoms with Crippen LogP contribution in [0.1, 0.15) is 64.7 Å². The second-order valence-electron chi connectivity index (χ2n) is 5.93. The summed E-state index contributed by atoms with van der Waals surface area (Å²) in [5.74, 6) is -0.356. The lowest BCUT2D eigenvalue weighted by Crippen LogP contribution is -2.17. The Bertz CT molecular complexity index is 395. The number of hydrogen-bond acceptors (Lipinski definition) is 3. The van der Waals surface area contributed by atoms with Gasteiger partial charge in [0, 0.05) is 0 Å². The molecule has 1 rings (SSSR count). The van der Waals surface area contributed by atoms with E-state index < -0.39 is 12.2 Å². The first-order valence-electron chi connectivity index (χ1n) is 8.53. The summed E-state index contributed by atoms with van der Waals surface area (Å²) in [5.41, 5.74) is 0.445. The first kappa shape index (κ1) is 18.7. The van der Waals surface area contributed by atoms with Gasteiger partial charge in [0.15, 0.2) is 0 Å². The Morgan fingerprint density at radius 2 is 1.68 bits per heavy atom. The second-order valence-corrected chi connectivity index (χ2v) is 5.93. The van der Waals surface area contributed by atoms with Crippen molar-refractivity contribution in [1.29, 1.82) is 0 Å². The van der Waals surface area contributed by atoms with E-state index in [1.807, 2.05) is 18.2 Å². The zero-order valence-corrected chi connectivity index (χ0v) is 13.8. The molecule has 124 valence electrons. The third kappa shape index (κ3) is 7.08. The van der Waals surface area contributed by atoms with Crippen molar-refractivity contribution >= 4 is 5.97 Å². The van der Waals surface area contributed by atoms with Gasteiger partial charge >= 0.3 is 5.97 Å². The molecule has 1 aliphatic heterocycles. The molecule has 1 heterocycles. The molecule has 0 bridgehead atoms. The highest BCUT2D eigenvalue weighted by molar-refractivity contribution is 5.92. The Morgan fingerprint density at radius 3 is 2.23 bits per heavy atom.